The van der Waals surface area contributed by atoms with Gasteiger partial charge in [-0.05, 0) is 47.7 Å². The predicted octanol–water partition coefficient (Wildman–Crippen LogP) is 4.72. The Balaban J connectivity index is 1.79. The first-order chi connectivity index (χ1) is 13.4. The Morgan fingerprint density at radius 1 is 1.14 bits per heavy atom. The Morgan fingerprint density at radius 3 is 2.54 bits per heavy atom. The molecule has 1 aromatic heterocycles. The third-order valence-corrected chi connectivity index (χ3v) is 5.26. The van der Waals surface area contributed by atoms with E-state index >= 15 is 0 Å². The number of aryl methyl sites for hydroxylation is 1. The predicted molar refractivity (Wildman–Crippen MR) is 114 cm³/mol. The van der Waals surface area contributed by atoms with Crippen LogP contribution in [0.25, 0.3) is 10.8 Å². The van der Waals surface area contributed by atoms with Gasteiger partial charge in [-0.3, -0.25) is 4.79 Å². The zero-order valence-corrected chi connectivity index (χ0v) is 17.7. The SMILES string of the molecule is COc1ccc2cc(CNC(=O)c3c(C)nc(C(C)C)nc3SC)ccc2c1. The van der Waals surface area contributed by atoms with Crippen molar-refractivity contribution >= 4 is 28.4 Å². The van der Waals surface area contributed by atoms with Crippen LogP contribution in [0.3, 0.4) is 0 Å². The standard InChI is InChI=1S/C22H25N3O2S/c1-13(2)20-24-14(3)19(22(25-20)28-5)21(26)23-12-15-6-7-17-11-18(27-4)9-8-16(17)10-15/h6-11,13H,12H2,1-5H3,(H,23,26). The van der Waals surface area contributed by atoms with E-state index in [4.69, 9.17) is 4.74 Å². The van der Waals surface area contributed by atoms with Crippen LogP contribution >= 0.6 is 11.8 Å². The summed E-state index contributed by atoms with van der Waals surface area (Å²) in [7, 11) is 1.66. The van der Waals surface area contributed by atoms with Gasteiger partial charge in [0.05, 0.1) is 18.4 Å². The van der Waals surface area contributed by atoms with Gasteiger partial charge in [-0.25, -0.2) is 9.97 Å². The summed E-state index contributed by atoms with van der Waals surface area (Å²) in [5.74, 6) is 1.67. The van der Waals surface area contributed by atoms with Crippen molar-refractivity contribution in [2.24, 2.45) is 0 Å². The molecule has 6 heteroatoms. The third kappa shape index (κ3) is 4.28. The molecule has 0 atom stereocenters. The van der Waals surface area contributed by atoms with E-state index < -0.39 is 0 Å². The molecular formula is C22H25N3O2S. The number of rotatable bonds is 6. The van der Waals surface area contributed by atoms with Crippen molar-refractivity contribution in [3.05, 3.63) is 59.0 Å². The summed E-state index contributed by atoms with van der Waals surface area (Å²) < 4.78 is 5.27. The number of methoxy groups -OCH3 is 1. The number of benzene rings is 2. The number of amides is 1. The van der Waals surface area contributed by atoms with Crippen LogP contribution < -0.4 is 10.1 Å². The normalized spacial score (nSPS) is 11.1. The average Bonchev–Trinajstić information content (AvgIpc) is 2.70. The molecule has 3 aromatic rings. The maximum atomic E-state index is 12.8. The van der Waals surface area contributed by atoms with Gasteiger partial charge in [0.25, 0.3) is 5.91 Å². The highest BCUT2D eigenvalue weighted by Gasteiger charge is 2.19. The van der Waals surface area contributed by atoms with Crippen molar-refractivity contribution in [3.63, 3.8) is 0 Å². The summed E-state index contributed by atoms with van der Waals surface area (Å²) in [6.45, 7) is 6.41. The number of thioether (sulfide) groups is 1. The first-order valence-electron chi connectivity index (χ1n) is 9.20. The number of fused-ring (bicyclic) bond motifs is 1. The molecule has 0 fully saturated rings. The molecule has 0 saturated heterocycles. The van der Waals surface area contributed by atoms with E-state index in [9.17, 15) is 4.79 Å². The Kier molecular flexibility index (Phi) is 6.19. The summed E-state index contributed by atoms with van der Waals surface area (Å²) in [6.07, 6.45) is 1.93. The van der Waals surface area contributed by atoms with Crippen LogP contribution in [0, 0.1) is 6.92 Å². The van der Waals surface area contributed by atoms with Crippen LogP contribution in [0.2, 0.25) is 0 Å². The van der Waals surface area contributed by atoms with E-state index in [1.807, 2.05) is 57.4 Å². The lowest BCUT2D eigenvalue weighted by atomic mass is 10.1. The molecule has 0 unspecified atom stereocenters. The average molecular weight is 396 g/mol. The third-order valence-electron chi connectivity index (χ3n) is 4.58. The maximum Gasteiger partial charge on any atom is 0.256 e. The Hall–Kier alpha value is -2.60. The largest absolute Gasteiger partial charge is 0.497 e. The van der Waals surface area contributed by atoms with Crippen LogP contribution in [0.5, 0.6) is 5.75 Å². The van der Waals surface area contributed by atoms with Gasteiger partial charge in [0.1, 0.15) is 16.6 Å². The Bertz CT molecular complexity index is 1020. The minimum absolute atomic E-state index is 0.146. The first kappa shape index (κ1) is 20.1. The molecule has 5 nitrogen and oxygen atoms in total. The zero-order chi connectivity index (χ0) is 20.3. The lowest BCUT2D eigenvalue weighted by molar-refractivity contribution is 0.0946. The summed E-state index contributed by atoms with van der Waals surface area (Å²) in [4.78, 5) is 21.9. The molecule has 2 aromatic carbocycles. The van der Waals surface area contributed by atoms with Crippen molar-refractivity contribution < 1.29 is 9.53 Å². The molecule has 3 rings (SSSR count). The maximum absolute atomic E-state index is 12.8. The van der Waals surface area contributed by atoms with Gasteiger partial charge >= 0.3 is 0 Å². The van der Waals surface area contributed by atoms with E-state index in [0.29, 0.717) is 17.8 Å². The van der Waals surface area contributed by atoms with E-state index in [1.54, 1.807) is 7.11 Å². The van der Waals surface area contributed by atoms with Gasteiger partial charge in [-0.2, -0.15) is 0 Å². The molecule has 0 aliphatic heterocycles. The topological polar surface area (TPSA) is 64.1 Å². The molecule has 146 valence electrons. The van der Waals surface area contributed by atoms with Crippen LogP contribution in [-0.4, -0.2) is 29.2 Å². The zero-order valence-electron chi connectivity index (χ0n) is 16.9. The molecule has 28 heavy (non-hydrogen) atoms. The highest BCUT2D eigenvalue weighted by atomic mass is 32.2. The number of nitrogens with one attached hydrogen (secondary N) is 1. The second kappa shape index (κ2) is 8.61. The minimum atomic E-state index is -0.146. The Morgan fingerprint density at radius 2 is 1.86 bits per heavy atom. The fourth-order valence-corrected chi connectivity index (χ4v) is 3.65. The van der Waals surface area contributed by atoms with Crippen LogP contribution in [0.15, 0.2) is 41.4 Å². The van der Waals surface area contributed by atoms with Gasteiger partial charge < -0.3 is 10.1 Å². The molecule has 0 spiro atoms. The van der Waals surface area contributed by atoms with Crippen molar-refractivity contribution in [2.45, 2.75) is 38.3 Å². The van der Waals surface area contributed by atoms with E-state index in [1.165, 1.54) is 11.8 Å². The molecule has 0 bridgehead atoms. The first-order valence-corrected chi connectivity index (χ1v) is 10.4. The highest BCUT2D eigenvalue weighted by molar-refractivity contribution is 7.98. The van der Waals surface area contributed by atoms with Crippen LogP contribution in [-0.2, 0) is 6.54 Å². The second-order valence-corrected chi connectivity index (χ2v) is 7.73. The van der Waals surface area contributed by atoms with Gasteiger partial charge in [0.2, 0.25) is 0 Å². The number of nitrogens with zero attached hydrogens (tertiary/aromatic N) is 2. The van der Waals surface area contributed by atoms with Crippen LogP contribution in [0.1, 0.15) is 47.2 Å². The molecule has 0 aliphatic rings. The van der Waals surface area contributed by atoms with Gasteiger partial charge in [-0.1, -0.05) is 32.0 Å². The van der Waals surface area contributed by atoms with E-state index in [-0.39, 0.29) is 11.8 Å². The summed E-state index contributed by atoms with van der Waals surface area (Å²) in [5, 5.41) is 5.95. The summed E-state index contributed by atoms with van der Waals surface area (Å²) >= 11 is 1.47. The van der Waals surface area contributed by atoms with Crippen molar-refractivity contribution in [3.8, 4) is 5.75 Å². The molecule has 1 heterocycles. The number of carbonyl (C=O) groups excluding carboxylic acids is 1. The monoisotopic (exact) mass is 395 g/mol. The van der Waals surface area contributed by atoms with E-state index in [0.717, 1.165) is 32.9 Å². The van der Waals surface area contributed by atoms with Crippen molar-refractivity contribution in [1.82, 2.24) is 15.3 Å². The van der Waals surface area contributed by atoms with Gasteiger partial charge in [0.15, 0.2) is 0 Å². The summed E-state index contributed by atoms with van der Waals surface area (Å²) in [6, 6.07) is 12.1. The lowest BCUT2D eigenvalue weighted by Gasteiger charge is -2.14. The molecular weight excluding hydrogens is 370 g/mol. The summed E-state index contributed by atoms with van der Waals surface area (Å²) in [5.41, 5.74) is 2.31. The number of ether oxygens (including phenoxy) is 1. The molecule has 0 radical (unpaired) electrons. The number of carbonyl (C=O) groups is 1. The molecule has 1 amide bonds. The lowest BCUT2D eigenvalue weighted by Crippen LogP contribution is -2.25. The minimum Gasteiger partial charge on any atom is -0.497 e. The van der Waals surface area contributed by atoms with Crippen molar-refractivity contribution in [1.29, 1.82) is 0 Å². The molecule has 1 N–H and O–H groups in total. The fraction of sp³-hybridized carbons (Fsp3) is 0.318. The number of aromatic nitrogens is 2. The van der Waals surface area contributed by atoms with Crippen molar-refractivity contribution in [2.75, 3.05) is 13.4 Å². The van der Waals surface area contributed by atoms with Crippen LogP contribution in [0.4, 0.5) is 0 Å². The molecule has 0 saturated carbocycles. The fourth-order valence-electron chi connectivity index (χ4n) is 3.02. The van der Waals surface area contributed by atoms with Gasteiger partial charge in [0, 0.05) is 12.5 Å². The van der Waals surface area contributed by atoms with Gasteiger partial charge in [-0.15, -0.1) is 11.8 Å². The smallest absolute Gasteiger partial charge is 0.256 e. The quantitative estimate of drug-likeness (QED) is 0.483. The Labute approximate surface area is 169 Å². The number of hydrogen-bond donors (Lipinski definition) is 1. The highest BCUT2D eigenvalue weighted by Crippen LogP contribution is 2.24. The second-order valence-electron chi connectivity index (χ2n) is 6.94. The van der Waals surface area contributed by atoms with E-state index in [2.05, 4.69) is 21.4 Å². The molecule has 0 aliphatic carbocycles. The number of hydrogen-bond acceptors (Lipinski definition) is 5.